The Balaban J connectivity index is 1.63. The molecule has 5 heteroatoms. The number of nitrogens with one attached hydrogen (secondary N) is 1. The minimum Gasteiger partial charge on any atom is -0.497 e. The highest BCUT2D eigenvalue weighted by Crippen LogP contribution is 2.34. The first kappa shape index (κ1) is 21.2. The fraction of sp³-hybridized carbons (Fsp3) is 0.148. The summed E-state index contributed by atoms with van der Waals surface area (Å²) in [5, 5.41) is 4.60. The van der Waals surface area contributed by atoms with Crippen LogP contribution in [-0.2, 0) is 0 Å². The standard InChI is InChI=1S/C27H26N2O3/c1-19-8-4-5-11-24(19)29-26-20(18-28-27-23(26)10-6-12-25(27)31-3)9-7-17-32-22-15-13-21(30-2)14-16-22/h4-16,18H,17H2,1-3H3,(H,28,29). The molecule has 0 aliphatic rings. The molecule has 0 spiro atoms. The average molecular weight is 427 g/mol. The molecule has 0 aliphatic heterocycles. The molecule has 0 fully saturated rings. The first-order valence-corrected chi connectivity index (χ1v) is 10.4. The van der Waals surface area contributed by atoms with Gasteiger partial charge in [-0.3, -0.25) is 4.98 Å². The van der Waals surface area contributed by atoms with Crippen LogP contribution in [0.3, 0.4) is 0 Å². The smallest absolute Gasteiger partial charge is 0.145 e. The molecule has 1 N–H and O–H groups in total. The van der Waals surface area contributed by atoms with Crippen LogP contribution in [-0.4, -0.2) is 25.8 Å². The average Bonchev–Trinajstić information content (AvgIpc) is 2.84. The maximum Gasteiger partial charge on any atom is 0.145 e. The molecule has 0 bridgehead atoms. The van der Waals surface area contributed by atoms with Crippen molar-refractivity contribution in [1.29, 1.82) is 0 Å². The van der Waals surface area contributed by atoms with E-state index in [9.17, 15) is 0 Å². The summed E-state index contributed by atoms with van der Waals surface area (Å²) in [5.41, 5.74) is 4.97. The van der Waals surface area contributed by atoms with E-state index < -0.39 is 0 Å². The predicted molar refractivity (Wildman–Crippen MR) is 130 cm³/mol. The zero-order valence-corrected chi connectivity index (χ0v) is 18.5. The van der Waals surface area contributed by atoms with Gasteiger partial charge >= 0.3 is 0 Å². The Morgan fingerprint density at radius 1 is 0.875 bits per heavy atom. The second kappa shape index (κ2) is 9.88. The summed E-state index contributed by atoms with van der Waals surface area (Å²) < 4.78 is 16.5. The van der Waals surface area contributed by atoms with E-state index in [1.807, 2.05) is 66.9 Å². The number of aromatic nitrogens is 1. The highest BCUT2D eigenvalue weighted by molar-refractivity contribution is 5.99. The van der Waals surface area contributed by atoms with Gasteiger partial charge in [0.05, 0.1) is 19.9 Å². The molecule has 0 unspecified atom stereocenters. The predicted octanol–water partition coefficient (Wildman–Crippen LogP) is 6.40. The lowest BCUT2D eigenvalue weighted by molar-refractivity contribution is 0.361. The van der Waals surface area contributed by atoms with Crippen LogP contribution < -0.4 is 19.5 Å². The zero-order chi connectivity index (χ0) is 22.3. The van der Waals surface area contributed by atoms with E-state index >= 15 is 0 Å². The van der Waals surface area contributed by atoms with Crippen LogP contribution in [0.5, 0.6) is 17.2 Å². The second-order valence-corrected chi connectivity index (χ2v) is 7.27. The number of aryl methyl sites for hydroxylation is 1. The molecular formula is C27H26N2O3. The largest absolute Gasteiger partial charge is 0.497 e. The monoisotopic (exact) mass is 426 g/mol. The van der Waals surface area contributed by atoms with Crippen molar-refractivity contribution in [2.24, 2.45) is 0 Å². The first-order valence-electron chi connectivity index (χ1n) is 10.4. The van der Waals surface area contributed by atoms with Gasteiger partial charge in [-0.1, -0.05) is 36.4 Å². The second-order valence-electron chi connectivity index (χ2n) is 7.27. The fourth-order valence-corrected chi connectivity index (χ4v) is 3.48. The van der Waals surface area contributed by atoms with Crippen LogP contribution in [0.15, 0.2) is 79.0 Å². The topological polar surface area (TPSA) is 52.6 Å². The fourth-order valence-electron chi connectivity index (χ4n) is 3.48. The SMILES string of the molecule is COc1ccc(OCC=Cc2cnc3c(OC)cccc3c2Nc2ccccc2C)cc1. The molecule has 4 rings (SSSR count). The number of rotatable bonds is 8. The Morgan fingerprint density at radius 3 is 2.41 bits per heavy atom. The van der Waals surface area contributed by atoms with Gasteiger partial charge in [-0.15, -0.1) is 0 Å². The van der Waals surface area contributed by atoms with Crippen LogP contribution in [0.4, 0.5) is 11.4 Å². The van der Waals surface area contributed by atoms with E-state index in [0.29, 0.717) is 6.61 Å². The number of nitrogens with zero attached hydrogens (tertiary/aromatic N) is 1. The highest BCUT2D eigenvalue weighted by Gasteiger charge is 2.12. The van der Waals surface area contributed by atoms with Crippen molar-refractivity contribution in [3.8, 4) is 17.2 Å². The van der Waals surface area contributed by atoms with E-state index in [-0.39, 0.29) is 0 Å². The number of para-hydroxylation sites is 2. The van der Waals surface area contributed by atoms with Crippen LogP contribution in [0, 0.1) is 6.92 Å². The molecule has 4 aromatic rings. The summed E-state index contributed by atoms with van der Waals surface area (Å²) in [6, 6.07) is 21.7. The molecule has 1 aromatic heterocycles. The summed E-state index contributed by atoms with van der Waals surface area (Å²) in [6.07, 6.45) is 5.86. The molecule has 0 saturated heterocycles. The molecular weight excluding hydrogens is 400 g/mol. The summed E-state index contributed by atoms with van der Waals surface area (Å²) in [6.45, 7) is 2.52. The maximum atomic E-state index is 5.83. The molecule has 0 amide bonds. The van der Waals surface area contributed by atoms with Gasteiger partial charge < -0.3 is 19.5 Å². The van der Waals surface area contributed by atoms with Crippen molar-refractivity contribution < 1.29 is 14.2 Å². The third-order valence-electron chi connectivity index (χ3n) is 5.22. The van der Waals surface area contributed by atoms with E-state index in [1.54, 1.807) is 14.2 Å². The lowest BCUT2D eigenvalue weighted by atomic mass is 10.1. The van der Waals surface area contributed by atoms with Gasteiger partial charge in [-0.05, 0) is 55.0 Å². The number of hydrogen-bond acceptors (Lipinski definition) is 5. The van der Waals surface area contributed by atoms with E-state index in [0.717, 1.165) is 50.7 Å². The summed E-state index contributed by atoms with van der Waals surface area (Å²) >= 11 is 0. The first-order chi connectivity index (χ1) is 15.7. The number of pyridine rings is 1. The van der Waals surface area contributed by atoms with E-state index in [4.69, 9.17) is 14.2 Å². The van der Waals surface area contributed by atoms with E-state index in [2.05, 4.69) is 35.4 Å². The van der Waals surface area contributed by atoms with Crippen molar-refractivity contribution in [2.45, 2.75) is 6.92 Å². The Hall–Kier alpha value is -3.99. The number of anilines is 2. The quantitative estimate of drug-likeness (QED) is 0.353. The van der Waals surface area contributed by atoms with Crippen LogP contribution in [0.25, 0.3) is 17.0 Å². The third kappa shape index (κ3) is 4.67. The molecule has 0 aliphatic carbocycles. The van der Waals surface area contributed by atoms with Crippen molar-refractivity contribution in [3.63, 3.8) is 0 Å². The minimum atomic E-state index is 0.437. The van der Waals surface area contributed by atoms with E-state index in [1.165, 1.54) is 0 Å². The van der Waals surface area contributed by atoms with Crippen LogP contribution in [0.2, 0.25) is 0 Å². The molecule has 0 saturated carbocycles. The Morgan fingerprint density at radius 2 is 1.66 bits per heavy atom. The van der Waals surface area contributed by atoms with Gasteiger partial charge in [0.15, 0.2) is 0 Å². The molecule has 1 heterocycles. The molecule has 32 heavy (non-hydrogen) atoms. The zero-order valence-electron chi connectivity index (χ0n) is 18.5. The lowest BCUT2D eigenvalue weighted by Gasteiger charge is -2.16. The lowest BCUT2D eigenvalue weighted by Crippen LogP contribution is -1.99. The number of hydrogen-bond donors (Lipinski definition) is 1. The number of ether oxygens (including phenoxy) is 3. The van der Waals surface area contributed by atoms with Crippen LogP contribution >= 0.6 is 0 Å². The highest BCUT2D eigenvalue weighted by atomic mass is 16.5. The maximum absolute atomic E-state index is 5.83. The Kier molecular flexibility index (Phi) is 6.56. The summed E-state index contributed by atoms with van der Waals surface area (Å²) in [4.78, 5) is 4.66. The number of methoxy groups -OCH3 is 2. The van der Waals surface area contributed by atoms with Gasteiger partial charge in [-0.2, -0.15) is 0 Å². The summed E-state index contributed by atoms with van der Waals surface area (Å²) in [5.74, 6) is 2.33. The molecule has 162 valence electrons. The van der Waals surface area contributed by atoms with Gasteiger partial charge in [0, 0.05) is 22.8 Å². The van der Waals surface area contributed by atoms with Crippen molar-refractivity contribution >= 4 is 28.4 Å². The number of fused-ring (bicyclic) bond motifs is 1. The van der Waals surface area contributed by atoms with Gasteiger partial charge in [-0.25, -0.2) is 0 Å². The summed E-state index contributed by atoms with van der Waals surface area (Å²) in [7, 11) is 3.31. The van der Waals surface area contributed by atoms with Crippen molar-refractivity contribution in [2.75, 3.05) is 26.1 Å². The number of benzene rings is 3. The Labute approximate surface area is 188 Å². The van der Waals surface area contributed by atoms with Crippen molar-refractivity contribution in [3.05, 3.63) is 90.1 Å². The Bertz CT molecular complexity index is 1230. The van der Waals surface area contributed by atoms with Gasteiger partial charge in [0.2, 0.25) is 0 Å². The van der Waals surface area contributed by atoms with Gasteiger partial charge in [0.1, 0.15) is 29.4 Å². The molecule has 0 atom stereocenters. The molecule has 5 nitrogen and oxygen atoms in total. The molecule has 0 radical (unpaired) electrons. The van der Waals surface area contributed by atoms with Gasteiger partial charge in [0.25, 0.3) is 0 Å². The normalized spacial score (nSPS) is 11.0. The van der Waals surface area contributed by atoms with Crippen LogP contribution in [0.1, 0.15) is 11.1 Å². The molecule has 3 aromatic carbocycles. The minimum absolute atomic E-state index is 0.437. The third-order valence-corrected chi connectivity index (χ3v) is 5.22. The van der Waals surface area contributed by atoms with Crippen molar-refractivity contribution in [1.82, 2.24) is 4.98 Å².